The fourth-order valence-corrected chi connectivity index (χ4v) is 0.895. The second-order valence-corrected chi connectivity index (χ2v) is 3.67. The van der Waals surface area contributed by atoms with Gasteiger partial charge in [0.15, 0.2) is 0 Å². The van der Waals surface area contributed by atoms with E-state index in [1.807, 2.05) is 6.92 Å². The summed E-state index contributed by atoms with van der Waals surface area (Å²) in [7, 11) is 0. The van der Waals surface area contributed by atoms with Crippen LogP contribution in [0.25, 0.3) is 0 Å². The number of aliphatic hydroxyl groups is 1. The number of hydrogen-bond donors (Lipinski definition) is 2. The third kappa shape index (κ3) is 8.04. The molecule has 0 aliphatic rings. The van der Waals surface area contributed by atoms with Crippen molar-refractivity contribution in [3.8, 4) is 0 Å². The Bertz CT molecular complexity index is 117. The van der Waals surface area contributed by atoms with Crippen LogP contribution in [0, 0.1) is 0 Å². The van der Waals surface area contributed by atoms with Gasteiger partial charge in [0.25, 0.3) is 0 Å². The second kappa shape index (κ2) is 6.83. The smallest absolute Gasteiger partial charge is 0.0549 e. The Balaban J connectivity index is 3.08. The van der Waals surface area contributed by atoms with E-state index in [4.69, 9.17) is 5.11 Å². The van der Waals surface area contributed by atoms with Crippen LogP contribution >= 0.6 is 15.9 Å². The molecule has 0 aromatic heterocycles. The van der Waals surface area contributed by atoms with Gasteiger partial charge in [-0.25, -0.2) is 0 Å². The maximum Gasteiger partial charge on any atom is 0.0549 e. The van der Waals surface area contributed by atoms with Crippen molar-refractivity contribution in [1.29, 1.82) is 0 Å². The average molecular weight is 222 g/mol. The first kappa shape index (κ1) is 11.1. The standard InChI is InChI=1S/C8H16BrNO/c1-3-8(11)4-5-10-6-7(2)9/h8,10-11H,2-6H2,1H3. The molecule has 0 heterocycles. The largest absolute Gasteiger partial charge is 0.393 e. The highest BCUT2D eigenvalue weighted by molar-refractivity contribution is 9.11. The van der Waals surface area contributed by atoms with Gasteiger partial charge in [-0.15, -0.1) is 0 Å². The predicted molar refractivity (Wildman–Crippen MR) is 51.9 cm³/mol. The molecule has 3 heteroatoms. The molecular weight excluding hydrogens is 206 g/mol. The third-order valence-electron chi connectivity index (χ3n) is 1.44. The summed E-state index contributed by atoms with van der Waals surface area (Å²) in [6, 6.07) is 0. The Kier molecular flexibility index (Phi) is 6.91. The molecule has 0 aromatic carbocycles. The number of aliphatic hydroxyl groups excluding tert-OH is 1. The molecule has 0 saturated carbocycles. The molecule has 2 nitrogen and oxygen atoms in total. The van der Waals surface area contributed by atoms with Gasteiger partial charge in [-0.2, -0.15) is 0 Å². The summed E-state index contributed by atoms with van der Waals surface area (Å²) in [6.07, 6.45) is 1.49. The molecule has 11 heavy (non-hydrogen) atoms. The Labute approximate surface area is 76.8 Å². The van der Waals surface area contributed by atoms with E-state index in [9.17, 15) is 0 Å². The van der Waals surface area contributed by atoms with E-state index in [1.54, 1.807) is 0 Å². The molecule has 0 fully saturated rings. The molecule has 0 amide bonds. The minimum absolute atomic E-state index is 0.161. The zero-order valence-electron chi connectivity index (χ0n) is 6.94. The molecule has 1 unspecified atom stereocenters. The lowest BCUT2D eigenvalue weighted by Crippen LogP contribution is -2.20. The fraction of sp³-hybridized carbons (Fsp3) is 0.750. The lowest BCUT2D eigenvalue weighted by molar-refractivity contribution is 0.160. The molecule has 0 aliphatic carbocycles. The summed E-state index contributed by atoms with van der Waals surface area (Å²) in [5.74, 6) is 0. The van der Waals surface area contributed by atoms with Gasteiger partial charge in [0.1, 0.15) is 0 Å². The van der Waals surface area contributed by atoms with Gasteiger partial charge in [-0.3, -0.25) is 0 Å². The van der Waals surface area contributed by atoms with Gasteiger partial charge in [0.05, 0.1) is 6.10 Å². The zero-order chi connectivity index (χ0) is 8.69. The van der Waals surface area contributed by atoms with Crippen molar-refractivity contribution in [3.05, 3.63) is 11.1 Å². The normalized spacial score (nSPS) is 13.0. The highest BCUT2D eigenvalue weighted by Crippen LogP contribution is 1.98. The maximum absolute atomic E-state index is 9.15. The van der Waals surface area contributed by atoms with Crippen LogP contribution in [0.5, 0.6) is 0 Å². The van der Waals surface area contributed by atoms with Crippen LogP contribution in [0.1, 0.15) is 19.8 Å². The van der Waals surface area contributed by atoms with Gasteiger partial charge >= 0.3 is 0 Å². The van der Waals surface area contributed by atoms with Crippen molar-refractivity contribution in [1.82, 2.24) is 5.32 Å². The fourth-order valence-electron chi connectivity index (χ4n) is 0.697. The monoisotopic (exact) mass is 221 g/mol. The minimum Gasteiger partial charge on any atom is -0.393 e. The molecule has 66 valence electrons. The van der Waals surface area contributed by atoms with E-state index in [2.05, 4.69) is 27.8 Å². The van der Waals surface area contributed by atoms with E-state index < -0.39 is 0 Å². The summed E-state index contributed by atoms with van der Waals surface area (Å²) in [5.41, 5.74) is 0. The van der Waals surface area contributed by atoms with Crippen LogP contribution in [0.3, 0.4) is 0 Å². The number of halogens is 1. The van der Waals surface area contributed by atoms with E-state index >= 15 is 0 Å². The molecule has 0 spiro atoms. The maximum atomic E-state index is 9.15. The van der Waals surface area contributed by atoms with Crippen LogP contribution < -0.4 is 5.32 Å². The van der Waals surface area contributed by atoms with Gasteiger partial charge in [-0.1, -0.05) is 29.4 Å². The quantitative estimate of drug-likeness (QED) is 0.669. The molecule has 0 radical (unpaired) electrons. The summed E-state index contributed by atoms with van der Waals surface area (Å²) in [6.45, 7) is 7.28. The first-order valence-electron chi connectivity index (χ1n) is 3.88. The Morgan fingerprint density at radius 1 is 1.73 bits per heavy atom. The molecule has 0 aliphatic heterocycles. The first-order chi connectivity index (χ1) is 5.16. The van der Waals surface area contributed by atoms with Crippen LogP contribution in [-0.4, -0.2) is 24.3 Å². The second-order valence-electron chi connectivity index (χ2n) is 2.54. The summed E-state index contributed by atoms with van der Waals surface area (Å²) >= 11 is 3.24. The third-order valence-corrected chi connectivity index (χ3v) is 1.72. The molecule has 1 atom stereocenters. The van der Waals surface area contributed by atoms with Crippen LogP contribution in [0.4, 0.5) is 0 Å². The van der Waals surface area contributed by atoms with Gasteiger partial charge in [-0.05, 0) is 19.4 Å². The van der Waals surface area contributed by atoms with Crippen LogP contribution in [-0.2, 0) is 0 Å². The van der Waals surface area contributed by atoms with Crippen molar-refractivity contribution in [2.24, 2.45) is 0 Å². The SMILES string of the molecule is C=C(Br)CNCCC(O)CC. The number of hydrogen-bond acceptors (Lipinski definition) is 2. The van der Waals surface area contributed by atoms with E-state index in [1.165, 1.54) is 0 Å². The Hall–Kier alpha value is 0.140. The first-order valence-corrected chi connectivity index (χ1v) is 4.68. The van der Waals surface area contributed by atoms with Crippen LogP contribution in [0.2, 0.25) is 0 Å². The van der Waals surface area contributed by atoms with Crippen molar-refractivity contribution in [2.75, 3.05) is 13.1 Å². The number of rotatable bonds is 6. The van der Waals surface area contributed by atoms with Crippen molar-refractivity contribution < 1.29 is 5.11 Å². The summed E-state index contributed by atoms with van der Waals surface area (Å²) < 4.78 is 0.948. The Morgan fingerprint density at radius 2 is 2.36 bits per heavy atom. The van der Waals surface area contributed by atoms with Gasteiger partial charge in [0, 0.05) is 11.0 Å². The van der Waals surface area contributed by atoms with Crippen LogP contribution in [0.15, 0.2) is 11.1 Å². The zero-order valence-corrected chi connectivity index (χ0v) is 8.52. The minimum atomic E-state index is -0.161. The van der Waals surface area contributed by atoms with E-state index in [0.29, 0.717) is 0 Å². The highest BCUT2D eigenvalue weighted by atomic mass is 79.9. The molecule has 0 aromatic rings. The molecular formula is C8H16BrNO. The van der Waals surface area contributed by atoms with Crippen molar-refractivity contribution in [2.45, 2.75) is 25.9 Å². The summed E-state index contributed by atoms with van der Waals surface area (Å²) in [5, 5.41) is 12.3. The lowest BCUT2D eigenvalue weighted by Gasteiger charge is -2.07. The predicted octanol–water partition coefficient (Wildman–Crippen LogP) is 1.65. The van der Waals surface area contributed by atoms with Gasteiger partial charge in [0.2, 0.25) is 0 Å². The molecule has 0 rings (SSSR count). The topological polar surface area (TPSA) is 32.3 Å². The highest BCUT2D eigenvalue weighted by Gasteiger charge is 1.98. The lowest BCUT2D eigenvalue weighted by atomic mass is 10.2. The van der Waals surface area contributed by atoms with Crippen molar-refractivity contribution >= 4 is 15.9 Å². The molecule has 2 N–H and O–H groups in total. The summed E-state index contributed by atoms with van der Waals surface area (Å²) in [4.78, 5) is 0. The average Bonchev–Trinajstić information content (AvgIpc) is 1.97. The van der Waals surface area contributed by atoms with E-state index in [0.717, 1.165) is 30.4 Å². The van der Waals surface area contributed by atoms with E-state index in [-0.39, 0.29) is 6.10 Å². The Morgan fingerprint density at radius 3 is 2.82 bits per heavy atom. The van der Waals surface area contributed by atoms with Crippen molar-refractivity contribution in [3.63, 3.8) is 0 Å². The number of nitrogens with one attached hydrogen (secondary N) is 1. The molecule has 0 bridgehead atoms. The van der Waals surface area contributed by atoms with Gasteiger partial charge < -0.3 is 10.4 Å². The molecule has 0 saturated heterocycles.